The zero-order valence-corrected chi connectivity index (χ0v) is 14.6. The molecule has 23 heavy (non-hydrogen) atoms. The first-order chi connectivity index (χ1) is 11.1. The summed E-state index contributed by atoms with van der Waals surface area (Å²) in [5.41, 5.74) is 2.68. The fraction of sp³-hybridized carbons (Fsp3) is 0.235. The van der Waals surface area contributed by atoms with Crippen molar-refractivity contribution in [2.45, 2.75) is 20.4 Å². The Bertz CT molecular complexity index is 858. The van der Waals surface area contributed by atoms with Crippen molar-refractivity contribution in [2.75, 3.05) is 0 Å². The van der Waals surface area contributed by atoms with Crippen molar-refractivity contribution >= 4 is 41.6 Å². The van der Waals surface area contributed by atoms with Crippen LogP contribution in [0.25, 0.3) is 6.08 Å². The number of benzene rings is 1. The van der Waals surface area contributed by atoms with E-state index in [1.807, 2.05) is 36.4 Å². The third kappa shape index (κ3) is 3.33. The summed E-state index contributed by atoms with van der Waals surface area (Å²) in [6.45, 7) is 4.90. The first kappa shape index (κ1) is 15.8. The lowest BCUT2D eigenvalue weighted by molar-refractivity contribution is 0.392. The van der Waals surface area contributed by atoms with Gasteiger partial charge in [0.25, 0.3) is 0 Å². The fourth-order valence-electron chi connectivity index (χ4n) is 2.37. The number of hydrogen-bond donors (Lipinski definition) is 1. The van der Waals surface area contributed by atoms with Gasteiger partial charge in [-0.2, -0.15) is 5.10 Å². The van der Waals surface area contributed by atoms with E-state index < -0.39 is 0 Å². The summed E-state index contributed by atoms with van der Waals surface area (Å²) in [7, 11) is 0. The standard InChI is InChI=1S/C17H17N3OS2/c1-11(2)10-20-16(21)14(23-17(20)22)8-13-9-18-19-15(13)12-6-4-3-5-7-12/h3-9,11,21H,10H2,1-2H3. The van der Waals surface area contributed by atoms with E-state index in [1.54, 1.807) is 10.8 Å². The number of aromatic nitrogens is 1. The van der Waals surface area contributed by atoms with E-state index in [1.165, 1.54) is 11.3 Å². The summed E-state index contributed by atoms with van der Waals surface area (Å²) in [5.74, 6) is 0.631. The van der Waals surface area contributed by atoms with Crippen molar-refractivity contribution in [3.63, 3.8) is 0 Å². The molecule has 1 aromatic carbocycles. The number of thiazole rings is 1. The minimum Gasteiger partial charge on any atom is -0.493 e. The molecule has 118 valence electrons. The van der Waals surface area contributed by atoms with Crippen LogP contribution in [-0.2, 0) is 6.54 Å². The Morgan fingerprint density at radius 1 is 1.30 bits per heavy atom. The van der Waals surface area contributed by atoms with E-state index in [0.29, 0.717) is 16.4 Å². The van der Waals surface area contributed by atoms with Crippen LogP contribution in [0.4, 0.5) is 0 Å². The van der Waals surface area contributed by atoms with E-state index in [4.69, 9.17) is 12.2 Å². The highest BCUT2D eigenvalue weighted by atomic mass is 32.1. The van der Waals surface area contributed by atoms with Crippen LogP contribution in [0, 0.1) is 9.87 Å². The maximum absolute atomic E-state index is 10.5. The van der Waals surface area contributed by atoms with Crippen LogP contribution in [-0.4, -0.2) is 21.6 Å². The minimum absolute atomic E-state index is 0.217. The van der Waals surface area contributed by atoms with Crippen molar-refractivity contribution in [1.82, 2.24) is 4.57 Å². The van der Waals surface area contributed by atoms with Gasteiger partial charge in [-0.15, -0.1) is 16.4 Å². The molecule has 4 nitrogen and oxygen atoms in total. The van der Waals surface area contributed by atoms with Gasteiger partial charge in [0.1, 0.15) is 5.71 Å². The number of aromatic hydroxyl groups is 1. The van der Waals surface area contributed by atoms with Crippen LogP contribution < -0.4 is 0 Å². The minimum atomic E-state index is 0.217. The largest absolute Gasteiger partial charge is 0.493 e. The molecule has 0 atom stereocenters. The number of rotatable bonds is 4. The van der Waals surface area contributed by atoms with Crippen molar-refractivity contribution in [1.29, 1.82) is 0 Å². The molecule has 1 aliphatic rings. The molecule has 0 saturated heterocycles. The molecule has 6 heteroatoms. The summed E-state index contributed by atoms with van der Waals surface area (Å²) >= 11 is 6.77. The van der Waals surface area contributed by atoms with Crippen LogP contribution in [0.2, 0.25) is 0 Å². The Kier molecular flexibility index (Phi) is 4.54. The Hall–Kier alpha value is -2.05. The fourth-order valence-corrected chi connectivity index (χ4v) is 3.65. The molecular formula is C17H17N3OS2. The topological polar surface area (TPSA) is 49.9 Å². The van der Waals surface area contributed by atoms with Gasteiger partial charge in [-0.3, -0.25) is 4.57 Å². The van der Waals surface area contributed by atoms with Crippen molar-refractivity contribution < 1.29 is 5.11 Å². The molecule has 0 saturated carbocycles. The molecule has 0 fully saturated rings. The zero-order chi connectivity index (χ0) is 16.4. The van der Waals surface area contributed by atoms with E-state index in [9.17, 15) is 5.11 Å². The zero-order valence-electron chi connectivity index (χ0n) is 12.9. The molecule has 1 N–H and O–H groups in total. The third-order valence-corrected chi connectivity index (χ3v) is 4.79. The highest BCUT2D eigenvalue weighted by Crippen LogP contribution is 2.30. The number of allylic oxidation sites excluding steroid dienone is 1. The molecule has 2 heterocycles. The van der Waals surface area contributed by atoms with Gasteiger partial charge < -0.3 is 5.11 Å². The molecule has 0 radical (unpaired) electrons. The van der Waals surface area contributed by atoms with Gasteiger partial charge in [-0.25, -0.2) is 0 Å². The van der Waals surface area contributed by atoms with Crippen LogP contribution in [0.5, 0.6) is 5.88 Å². The Labute approximate surface area is 144 Å². The number of nitrogens with zero attached hydrogens (tertiary/aromatic N) is 3. The maximum atomic E-state index is 10.5. The average Bonchev–Trinajstić information content (AvgIpc) is 3.09. The molecule has 0 amide bonds. The lowest BCUT2D eigenvalue weighted by atomic mass is 10.0. The smallest absolute Gasteiger partial charge is 0.210 e. The molecule has 0 aliphatic carbocycles. The molecular weight excluding hydrogens is 326 g/mol. The quantitative estimate of drug-likeness (QED) is 0.830. The molecule has 0 bridgehead atoms. The molecule has 1 aromatic heterocycles. The summed E-state index contributed by atoms with van der Waals surface area (Å²) in [5, 5.41) is 18.7. The third-order valence-electron chi connectivity index (χ3n) is 3.40. The van der Waals surface area contributed by atoms with Crippen molar-refractivity contribution in [3.8, 4) is 5.88 Å². The lowest BCUT2D eigenvalue weighted by Crippen LogP contribution is -2.04. The van der Waals surface area contributed by atoms with Gasteiger partial charge >= 0.3 is 0 Å². The predicted molar refractivity (Wildman–Crippen MR) is 99.1 cm³/mol. The van der Waals surface area contributed by atoms with Crippen LogP contribution in [0.1, 0.15) is 24.3 Å². The normalized spacial score (nSPS) is 15.6. The van der Waals surface area contributed by atoms with E-state index in [-0.39, 0.29) is 5.88 Å². The summed E-state index contributed by atoms with van der Waals surface area (Å²) in [6, 6.07) is 9.88. The van der Waals surface area contributed by atoms with Crippen molar-refractivity contribution in [3.05, 3.63) is 50.3 Å². The van der Waals surface area contributed by atoms with Gasteiger partial charge in [0, 0.05) is 17.7 Å². The second-order valence-corrected chi connectivity index (χ2v) is 7.39. The molecule has 2 aromatic rings. The van der Waals surface area contributed by atoms with Crippen molar-refractivity contribution in [2.24, 2.45) is 16.1 Å². The van der Waals surface area contributed by atoms with Gasteiger partial charge in [0.2, 0.25) is 5.88 Å². The van der Waals surface area contributed by atoms with E-state index >= 15 is 0 Å². The molecule has 3 rings (SSSR count). The Morgan fingerprint density at radius 3 is 2.74 bits per heavy atom. The summed E-state index contributed by atoms with van der Waals surface area (Å²) < 4.78 is 2.46. The first-order valence-corrected chi connectivity index (χ1v) is 8.60. The molecule has 1 aliphatic heterocycles. The molecule has 0 spiro atoms. The summed E-state index contributed by atoms with van der Waals surface area (Å²) in [6.07, 6.45) is 3.60. The Morgan fingerprint density at radius 2 is 2.04 bits per heavy atom. The molecule has 0 unspecified atom stereocenters. The van der Waals surface area contributed by atoms with Crippen LogP contribution in [0.15, 0.2) is 46.1 Å². The highest BCUT2D eigenvalue weighted by Gasteiger charge is 2.16. The van der Waals surface area contributed by atoms with Crippen LogP contribution >= 0.6 is 23.6 Å². The Balaban J connectivity index is 1.98. The monoisotopic (exact) mass is 343 g/mol. The lowest BCUT2D eigenvalue weighted by Gasteiger charge is -2.07. The van der Waals surface area contributed by atoms with Gasteiger partial charge in [-0.1, -0.05) is 44.2 Å². The average molecular weight is 343 g/mol. The van der Waals surface area contributed by atoms with E-state index in [0.717, 1.165) is 21.7 Å². The van der Waals surface area contributed by atoms with E-state index in [2.05, 4.69) is 24.1 Å². The summed E-state index contributed by atoms with van der Waals surface area (Å²) in [4.78, 5) is 0.739. The van der Waals surface area contributed by atoms with Crippen LogP contribution in [0.3, 0.4) is 0 Å². The first-order valence-electron chi connectivity index (χ1n) is 7.37. The SMILES string of the molecule is CC(C)Cn1c(O)c(C=C2C=NN=C2c2ccccc2)sc1=S. The van der Waals surface area contributed by atoms with Gasteiger partial charge in [-0.05, 0) is 24.2 Å². The van der Waals surface area contributed by atoms with Gasteiger partial charge in [0.15, 0.2) is 3.95 Å². The second kappa shape index (κ2) is 6.60. The maximum Gasteiger partial charge on any atom is 0.210 e. The number of hydrogen-bond acceptors (Lipinski definition) is 5. The van der Waals surface area contributed by atoms with Gasteiger partial charge in [0.05, 0.1) is 11.1 Å². The predicted octanol–water partition coefficient (Wildman–Crippen LogP) is 4.51. The second-order valence-electron chi connectivity index (χ2n) is 5.72. The highest BCUT2D eigenvalue weighted by molar-refractivity contribution is 7.73.